The molecule has 0 bridgehead atoms. The zero-order chi connectivity index (χ0) is 10.8. The molecule has 0 N–H and O–H groups in total. The number of rotatable bonds is 2. The van der Waals surface area contributed by atoms with Crippen LogP contribution in [0.2, 0.25) is 0 Å². The third-order valence-corrected chi connectivity index (χ3v) is 2.49. The van der Waals surface area contributed by atoms with E-state index in [1.165, 1.54) is 0 Å². The summed E-state index contributed by atoms with van der Waals surface area (Å²) in [4.78, 5) is 13.2. The van der Waals surface area contributed by atoms with E-state index >= 15 is 0 Å². The highest BCUT2D eigenvalue weighted by molar-refractivity contribution is 5.73. The van der Waals surface area contributed by atoms with Crippen LogP contribution in [0.3, 0.4) is 0 Å². The Labute approximate surface area is 86.4 Å². The average Bonchev–Trinajstić information content (AvgIpc) is 2.46. The summed E-state index contributed by atoms with van der Waals surface area (Å²) in [5.41, 5.74) is -0.106. The molecule has 0 aliphatic carbocycles. The van der Waals surface area contributed by atoms with Crippen molar-refractivity contribution in [2.24, 2.45) is 0 Å². The minimum absolute atomic E-state index is 0.106. The molecule has 1 aliphatic heterocycles. The van der Waals surface area contributed by atoms with E-state index in [-0.39, 0.29) is 11.5 Å². The number of hydrogen-bond acceptors (Lipinski definition) is 2. The van der Waals surface area contributed by atoms with Crippen LogP contribution in [0.1, 0.15) is 40.5 Å². The highest BCUT2D eigenvalue weighted by Gasteiger charge is 2.27. The molecule has 1 aliphatic rings. The molecule has 0 unspecified atom stereocenters. The van der Waals surface area contributed by atoms with Crippen LogP contribution in [-0.4, -0.2) is 35.6 Å². The predicted octanol–water partition coefficient (Wildman–Crippen LogP) is 1.81. The van der Waals surface area contributed by atoms with Gasteiger partial charge in [-0.05, 0) is 33.6 Å². The highest BCUT2D eigenvalue weighted by atomic mass is 16.5. The topological polar surface area (TPSA) is 29.5 Å². The van der Waals surface area contributed by atoms with E-state index in [1.807, 2.05) is 25.7 Å². The standard InChI is InChI=1S/C11H21NO2/c1-9(13)12-7-5-6-10(12)8-14-11(2,3)4/h10H,5-8H2,1-4H3/t10-/m0/s1. The Kier molecular flexibility index (Phi) is 3.53. The lowest BCUT2D eigenvalue weighted by atomic mass is 10.2. The molecule has 3 nitrogen and oxygen atoms in total. The van der Waals surface area contributed by atoms with Crippen molar-refractivity contribution in [1.29, 1.82) is 0 Å². The van der Waals surface area contributed by atoms with E-state index in [2.05, 4.69) is 0 Å². The van der Waals surface area contributed by atoms with Gasteiger partial charge >= 0.3 is 0 Å². The van der Waals surface area contributed by atoms with Gasteiger partial charge in [0.1, 0.15) is 0 Å². The van der Waals surface area contributed by atoms with Gasteiger partial charge in [-0.15, -0.1) is 0 Å². The Morgan fingerprint density at radius 2 is 2.14 bits per heavy atom. The van der Waals surface area contributed by atoms with Crippen LogP contribution in [0.25, 0.3) is 0 Å². The van der Waals surface area contributed by atoms with Crippen LogP contribution in [0.5, 0.6) is 0 Å². The van der Waals surface area contributed by atoms with Crippen LogP contribution in [0.4, 0.5) is 0 Å². The molecule has 1 fully saturated rings. The van der Waals surface area contributed by atoms with E-state index in [1.54, 1.807) is 6.92 Å². The summed E-state index contributed by atoms with van der Waals surface area (Å²) in [5, 5.41) is 0. The van der Waals surface area contributed by atoms with E-state index < -0.39 is 0 Å². The van der Waals surface area contributed by atoms with Crippen molar-refractivity contribution in [1.82, 2.24) is 4.90 Å². The maximum Gasteiger partial charge on any atom is 0.219 e. The summed E-state index contributed by atoms with van der Waals surface area (Å²) >= 11 is 0. The van der Waals surface area contributed by atoms with Crippen molar-refractivity contribution in [3.05, 3.63) is 0 Å². The second kappa shape index (κ2) is 4.30. The van der Waals surface area contributed by atoms with Gasteiger partial charge in [0.05, 0.1) is 18.2 Å². The van der Waals surface area contributed by atoms with E-state index in [9.17, 15) is 4.79 Å². The first-order valence-electron chi connectivity index (χ1n) is 5.31. The number of likely N-dealkylation sites (tertiary alicyclic amines) is 1. The number of amides is 1. The molecular weight excluding hydrogens is 178 g/mol. The lowest BCUT2D eigenvalue weighted by Gasteiger charge is -2.27. The predicted molar refractivity (Wildman–Crippen MR) is 56.1 cm³/mol. The SMILES string of the molecule is CC(=O)N1CCC[C@H]1COC(C)(C)C. The third-order valence-electron chi connectivity index (χ3n) is 2.49. The number of carbonyl (C=O) groups is 1. The van der Waals surface area contributed by atoms with Gasteiger partial charge in [-0.25, -0.2) is 0 Å². The van der Waals surface area contributed by atoms with E-state index in [0.717, 1.165) is 19.4 Å². The van der Waals surface area contributed by atoms with Gasteiger partial charge in [0.2, 0.25) is 5.91 Å². The first-order valence-corrected chi connectivity index (χ1v) is 5.31. The maximum absolute atomic E-state index is 11.3. The van der Waals surface area contributed by atoms with Crippen molar-refractivity contribution in [2.45, 2.75) is 52.2 Å². The fraction of sp³-hybridized carbons (Fsp3) is 0.909. The number of hydrogen-bond donors (Lipinski definition) is 0. The molecular formula is C11H21NO2. The number of ether oxygens (including phenoxy) is 1. The summed E-state index contributed by atoms with van der Waals surface area (Å²) in [5.74, 6) is 0.171. The van der Waals surface area contributed by atoms with Crippen molar-refractivity contribution in [3.8, 4) is 0 Å². The zero-order valence-electron chi connectivity index (χ0n) is 9.67. The number of carbonyl (C=O) groups excluding carboxylic acids is 1. The van der Waals surface area contributed by atoms with Gasteiger partial charge in [0, 0.05) is 13.5 Å². The van der Waals surface area contributed by atoms with E-state index in [4.69, 9.17) is 4.74 Å². The molecule has 1 heterocycles. The molecule has 82 valence electrons. The molecule has 0 saturated carbocycles. The van der Waals surface area contributed by atoms with Crippen molar-refractivity contribution < 1.29 is 9.53 Å². The van der Waals surface area contributed by atoms with Crippen molar-refractivity contribution in [2.75, 3.05) is 13.2 Å². The minimum atomic E-state index is -0.106. The summed E-state index contributed by atoms with van der Waals surface area (Å²) in [6, 6.07) is 0.298. The van der Waals surface area contributed by atoms with Crippen molar-refractivity contribution in [3.63, 3.8) is 0 Å². The zero-order valence-corrected chi connectivity index (χ0v) is 9.67. The van der Waals surface area contributed by atoms with Crippen LogP contribution >= 0.6 is 0 Å². The second-order valence-electron chi connectivity index (χ2n) is 4.93. The maximum atomic E-state index is 11.3. The van der Waals surface area contributed by atoms with Crippen LogP contribution in [0.15, 0.2) is 0 Å². The fourth-order valence-electron chi connectivity index (χ4n) is 1.77. The Hall–Kier alpha value is -0.570. The Morgan fingerprint density at radius 1 is 1.50 bits per heavy atom. The van der Waals surface area contributed by atoms with Gasteiger partial charge in [-0.3, -0.25) is 4.79 Å². The third kappa shape index (κ3) is 3.29. The normalized spacial score (nSPS) is 22.9. The molecule has 0 spiro atoms. The largest absolute Gasteiger partial charge is 0.374 e. The van der Waals surface area contributed by atoms with Gasteiger partial charge in [0.15, 0.2) is 0 Å². The molecule has 14 heavy (non-hydrogen) atoms. The molecule has 0 aromatic heterocycles. The molecule has 0 aromatic rings. The summed E-state index contributed by atoms with van der Waals surface area (Å²) in [7, 11) is 0. The lowest BCUT2D eigenvalue weighted by molar-refractivity contribution is -0.132. The Balaban J connectivity index is 2.40. The first-order chi connectivity index (χ1) is 6.40. The van der Waals surface area contributed by atoms with E-state index in [0.29, 0.717) is 12.6 Å². The van der Waals surface area contributed by atoms with Crippen molar-refractivity contribution >= 4 is 5.91 Å². The summed E-state index contributed by atoms with van der Waals surface area (Å²) < 4.78 is 5.70. The monoisotopic (exact) mass is 199 g/mol. The van der Waals surface area contributed by atoms with Gasteiger partial charge in [-0.2, -0.15) is 0 Å². The quantitative estimate of drug-likeness (QED) is 0.679. The summed E-state index contributed by atoms with van der Waals surface area (Å²) in [6.45, 7) is 9.33. The fourth-order valence-corrected chi connectivity index (χ4v) is 1.77. The van der Waals surface area contributed by atoms with Crippen LogP contribution in [0, 0.1) is 0 Å². The minimum Gasteiger partial charge on any atom is -0.374 e. The number of nitrogens with zero attached hydrogens (tertiary/aromatic N) is 1. The second-order valence-corrected chi connectivity index (χ2v) is 4.93. The Morgan fingerprint density at radius 3 is 2.64 bits per heavy atom. The first kappa shape index (κ1) is 11.5. The van der Waals surface area contributed by atoms with Crippen LogP contribution in [-0.2, 0) is 9.53 Å². The van der Waals surface area contributed by atoms with Gasteiger partial charge in [-0.1, -0.05) is 0 Å². The van der Waals surface area contributed by atoms with Crippen LogP contribution < -0.4 is 0 Å². The lowest BCUT2D eigenvalue weighted by Crippen LogP contribution is -2.38. The Bertz CT molecular complexity index is 208. The summed E-state index contributed by atoms with van der Waals surface area (Å²) in [6.07, 6.45) is 2.19. The molecule has 1 amide bonds. The molecule has 1 saturated heterocycles. The van der Waals surface area contributed by atoms with Gasteiger partial charge in [0.25, 0.3) is 0 Å². The molecule has 0 radical (unpaired) electrons. The molecule has 1 atom stereocenters. The molecule has 0 aromatic carbocycles. The molecule has 1 rings (SSSR count). The molecule has 3 heteroatoms. The average molecular weight is 199 g/mol. The highest BCUT2D eigenvalue weighted by Crippen LogP contribution is 2.19. The van der Waals surface area contributed by atoms with Gasteiger partial charge < -0.3 is 9.64 Å². The smallest absolute Gasteiger partial charge is 0.219 e.